The van der Waals surface area contributed by atoms with Crippen LogP contribution < -0.4 is 0 Å². The largest absolute Gasteiger partial charge is 0.339 e. The van der Waals surface area contributed by atoms with Gasteiger partial charge >= 0.3 is 0 Å². The van der Waals surface area contributed by atoms with E-state index >= 15 is 0 Å². The Morgan fingerprint density at radius 2 is 2.05 bits per heavy atom. The van der Waals surface area contributed by atoms with E-state index in [0.717, 1.165) is 24.0 Å². The third-order valence-electron chi connectivity index (χ3n) is 3.98. The van der Waals surface area contributed by atoms with Crippen LogP contribution in [0.4, 0.5) is 0 Å². The number of benzene rings is 1. The van der Waals surface area contributed by atoms with Gasteiger partial charge in [0, 0.05) is 13.1 Å². The number of aromatic nitrogens is 6. The summed E-state index contributed by atoms with van der Waals surface area (Å²) in [6.07, 6.45) is 4.19. The minimum Gasteiger partial charge on any atom is -0.339 e. The first-order valence-electron chi connectivity index (χ1n) is 7.23. The predicted octanol–water partition coefficient (Wildman–Crippen LogP) is 0.496. The average molecular weight is 297 g/mol. The van der Waals surface area contributed by atoms with Gasteiger partial charge in [0.15, 0.2) is 0 Å². The Morgan fingerprint density at radius 1 is 1.23 bits per heavy atom. The molecule has 1 atom stereocenters. The number of fused-ring (bicyclic) bond motifs is 1. The van der Waals surface area contributed by atoms with Gasteiger partial charge in [-0.25, -0.2) is 4.68 Å². The third-order valence-corrected chi connectivity index (χ3v) is 3.98. The van der Waals surface area contributed by atoms with Crippen molar-refractivity contribution in [2.24, 2.45) is 0 Å². The zero-order chi connectivity index (χ0) is 14.9. The highest BCUT2D eigenvalue weighted by molar-refractivity contribution is 5.80. The molecule has 0 bridgehead atoms. The molecule has 0 saturated carbocycles. The second kappa shape index (κ2) is 5.21. The van der Waals surface area contributed by atoms with E-state index in [2.05, 4.69) is 20.5 Å². The number of amides is 1. The van der Waals surface area contributed by atoms with Crippen molar-refractivity contribution in [1.82, 2.24) is 34.9 Å². The molecule has 8 nitrogen and oxygen atoms in total. The van der Waals surface area contributed by atoms with Gasteiger partial charge in [-0.3, -0.25) is 4.79 Å². The van der Waals surface area contributed by atoms with Crippen molar-refractivity contribution in [3.63, 3.8) is 0 Å². The molecule has 8 heteroatoms. The van der Waals surface area contributed by atoms with Crippen molar-refractivity contribution >= 4 is 16.9 Å². The summed E-state index contributed by atoms with van der Waals surface area (Å²) >= 11 is 0. The zero-order valence-electron chi connectivity index (χ0n) is 11.9. The molecule has 3 aromatic rings. The highest BCUT2D eigenvalue weighted by atomic mass is 16.2. The van der Waals surface area contributed by atoms with Crippen molar-refractivity contribution in [2.45, 2.75) is 19.0 Å². The lowest BCUT2D eigenvalue weighted by Crippen LogP contribution is -2.32. The Labute approximate surface area is 126 Å². The van der Waals surface area contributed by atoms with E-state index in [4.69, 9.17) is 0 Å². The molecule has 2 aromatic heterocycles. The number of hydrogen-bond donors (Lipinski definition) is 0. The molecule has 1 fully saturated rings. The fourth-order valence-electron chi connectivity index (χ4n) is 2.83. The first-order chi connectivity index (χ1) is 10.8. The summed E-state index contributed by atoms with van der Waals surface area (Å²) in [6.45, 7) is 1.57. The molecule has 1 aliphatic rings. The maximum Gasteiger partial charge on any atom is 0.244 e. The first kappa shape index (κ1) is 12.9. The fraction of sp³-hybridized carbons (Fsp3) is 0.357. The van der Waals surface area contributed by atoms with Gasteiger partial charge in [-0.05, 0) is 18.6 Å². The second-order valence-electron chi connectivity index (χ2n) is 5.37. The van der Waals surface area contributed by atoms with E-state index in [1.54, 1.807) is 21.9 Å². The summed E-state index contributed by atoms with van der Waals surface area (Å²) < 4.78 is 1.65. The van der Waals surface area contributed by atoms with Gasteiger partial charge in [0.1, 0.15) is 12.1 Å². The summed E-state index contributed by atoms with van der Waals surface area (Å²) in [4.78, 5) is 16.0. The molecule has 0 radical (unpaired) electrons. The van der Waals surface area contributed by atoms with Crippen molar-refractivity contribution < 1.29 is 4.79 Å². The standard InChI is InChI=1S/C14H15N7O/c22-14(10-20-13-4-2-1-3-12(13)17-18-20)19-8-5-11(9-19)21-15-6-7-16-21/h1-4,6-7,11H,5,8-10H2. The van der Waals surface area contributed by atoms with E-state index in [0.29, 0.717) is 6.54 Å². The van der Waals surface area contributed by atoms with Gasteiger partial charge in [0.2, 0.25) is 5.91 Å². The van der Waals surface area contributed by atoms with Gasteiger partial charge in [-0.1, -0.05) is 17.3 Å². The maximum absolute atomic E-state index is 12.5. The predicted molar refractivity (Wildman–Crippen MR) is 77.8 cm³/mol. The van der Waals surface area contributed by atoms with Crippen LogP contribution in [0, 0.1) is 0 Å². The molecular formula is C14H15N7O. The summed E-state index contributed by atoms with van der Waals surface area (Å²) in [5, 5.41) is 16.4. The van der Waals surface area contributed by atoms with Crippen LogP contribution in [0.25, 0.3) is 11.0 Å². The van der Waals surface area contributed by atoms with Crippen molar-refractivity contribution in [3.05, 3.63) is 36.7 Å². The van der Waals surface area contributed by atoms with Crippen LogP contribution >= 0.6 is 0 Å². The molecule has 0 spiro atoms. The van der Waals surface area contributed by atoms with Gasteiger partial charge in [0.25, 0.3) is 0 Å². The molecular weight excluding hydrogens is 282 g/mol. The quantitative estimate of drug-likeness (QED) is 0.703. The van der Waals surface area contributed by atoms with Crippen LogP contribution in [-0.4, -0.2) is 53.9 Å². The molecule has 22 heavy (non-hydrogen) atoms. The van der Waals surface area contributed by atoms with E-state index in [-0.39, 0.29) is 18.5 Å². The SMILES string of the molecule is O=C(Cn1nnc2ccccc21)N1CCC(n2nccn2)C1. The van der Waals surface area contributed by atoms with E-state index in [1.165, 1.54) is 0 Å². The lowest BCUT2D eigenvalue weighted by molar-refractivity contribution is -0.131. The summed E-state index contributed by atoms with van der Waals surface area (Å²) in [6, 6.07) is 7.79. The zero-order valence-corrected chi connectivity index (χ0v) is 11.9. The van der Waals surface area contributed by atoms with Gasteiger partial charge in [-0.15, -0.1) is 5.10 Å². The van der Waals surface area contributed by atoms with E-state index in [9.17, 15) is 4.79 Å². The van der Waals surface area contributed by atoms with Crippen LogP contribution in [-0.2, 0) is 11.3 Å². The molecule has 1 saturated heterocycles. The molecule has 3 heterocycles. The summed E-state index contributed by atoms with van der Waals surface area (Å²) in [5.41, 5.74) is 1.68. The number of carbonyl (C=O) groups is 1. The number of likely N-dealkylation sites (tertiary alicyclic amines) is 1. The molecule has 0 N–H and O–H groups in total. The van der Waals surface area contributed by atoms with Crippen LogP contribution in [0.15, 0.2) is 36.7 Å². The third kappa shape index (κ3) is 2.22. The molecule has 1 unspecified atom stereocenters. The van der Waals surface area contributed by atoms with Gasteiger partial charge in [0.05, 0.1) is 24.0 Å². The Bertz CT molecular complexity index is 794. The van der Waals surface area contributed by atoms with Crippen LogP contribution in [0.5, 0.6) is 0 Å². The topological polar surface area (TPSA) is 81.7 Å². The smallest absolute Gasteiger partial charge is 0.244 e. The average Bonchev–Trinajstić information content (AvgIpc) is 3.28. The molecule has 0 aliphatic carbocycles. The van der Waals surface area contributed by atoms with Crippen LogP contribution in [0.1, 0.15) is 12.5 Å². The normalized spacial score (nSPS) is 18.2. The Balaban J connectivity index is 1.47. The number of carbonyl (C=O) groups excluding carboxylic acids is 1. The molecule has 1 aliphatic heterocycles. The number of rotatable bonds is 3. The molecule has 112 valence electrons. The lowest BCUT2D eigenvalue weighted by Gasteiger charge is -2.16. The molecule has 1 amide bonds. The van der Waals surface area contributed by atoms with E-state index < -0.39 is 0 Å². The number of para-hydroxylation sites is 1. The Morgan fingerprint density at radius 3 is 2.91 bits per heavy atom. The van der Waals surface area contributed by atoms with Crippen molar-refractivity contribution in [2.75, 3.05) is 13.1 Å². The molecule has 1 aromatic carbocycles. The van der Waals surface area contributed by atoms with Crippen molar-refractivity contribution in [3.8, 4) is 0 Å². The molecule has 4 rings (SSSR count). The van der Waals surface area contributed by atoms with Crippen LogP contribution in [0.3, 0.4) is 0 Å². The highest BCUT2D eigenvalue weighted by Gasteiger charge is 2.28. The van der Waals surface area contributed by atoms with E-state index in [1.807, 2.05) is 29.2 Å². The fourth-order valence-corrected chi connectivity index (χ4v) is 2.83. The Hall–Kier alpha value is -2.77. The monoisotopic (exact) mass is 297 g/mol. The van der Waals surface area contributed by atoms with Gasteiger partial charge < -0.3 is 4.90 Å². The summed E-state index contributed by atoms with van der Waals surface area (Å²) in [7, 11) is 0. The first-order valence-corrected chi connectivity index (χ1v) is 7.23. The maximum atomic E-state index is 12.5. The highest BCUT2D eigenvalue weighted by Crippen LogP contribution is 2.20. The minimum atomic E-state index is 0.0466. The minimum absolute atomic E-state index is 0.0466. The summed E-state index contributed by atoms with van der Waals surface area (Å²) in [5.74, 6) is 0.0466. The van der Waals surface area contributed by atoms with Crippen molar-refractivity contribution in [1.29, 1.82) is 0 Å². The number of nitrogens with zero attached hydrogens (tertiary/aromatic N) is 7. The van der Waals surface area contributed by atoms with Gasteiger partial charge in [-0.2, -0.15) is 15.0 Å². The second-order valence-corrected chi connectivity index (χ2v) is 5.37. The number of hydrogen-bond acceptors (Lipinski definition) is 5. The lowest BCUT2D eigenvalue weighted by atomic mass is 10.3. The Kier molecular flexibility index (Phi) is 3.06. The van der Waals surface area contributed by atoms with Crippen LogP contribution in [0.2, 0.25) is 0 Å².